The number of piperazine rings is 1. The first-order chi connectivity index (χ1) is 14.9. The molecular formula is C21H28F3N5O3. The van der Waals surface area contributed by atoms with Crippen molar-refractivity contribution in [1.29, 1.82) is 0 Å². The number of likely N-dealkylation sites (tertiary alicyclic amines) is 1. The quantitative estimate of drug-likeness (QED) is 0.683. The van der Waals surface area contributed by atoms with Crippen molar-refractivity contribution >= 4 is 17.9 Å². The van der Waals surface area contributed by atoms with Gasteiger partial charge in [-0.15, -0.1) is 0 Å². The molecule has 3 aliphatic rings. The molecule has 1 spiro atoms. The smallest absolute Gasteiger partial charge is 0.419 e. The van der Waals surface area contributed by atoms with Crippen molar-refractivity contribution in [3.63, 3.8) is 0 Å². The van der Waals surface area contributed by atoms with E-state index in [-0.39, 0.29) is 29.3 Å². The van der Waals surface area contributed by atoms with Crippen LogP contribution in [0.1, 0.15) is 39.2 Å². The molecule has 1 saturated carbocycles. The normalized spacial score (nSPS) is 21.2. The van der Waals surface area contributed by atoms with Crippen molar-refractivity contribution in [2.45, 2.75) is 45.4 Å². The number of nitrogens with zero attached hydrogens (tertiary/aromatic N) is 5. The molecule has 32 heavy (non-hydrogen) atoms. The predicted molar refractivity (Wildman–Crippen MR) is 109 cm³/mol. The maximum absolute atomic E-state index is 12.9. The molecule has 0 unspecified atom stereocenters. The van der Waals surface area contributed by atoms with Gasteiger partial charge in [0, 0.05) is 63.0 Å². The average molecular weight is 455 g/mol. The van der Waals surface area contributed by atoms with Crippen LogP contribution >= 0.6 is 0 Å². The van der Waals surface area contributed by atoms with E-state index in [4.69, 9.17) is 4.74 Å². The standard InChI is InChI=1S/C21H28F3N5O3/c1-19(2,3)32-18(31)29-12-20(13-29)8-14(9-20)16(30)27-4-6-28(7-5-27)17-25-10-15(11-26-17)21(22,23)24/h10-11,14H,4-9,12-13H2,1-3H3. The summed E-state index contributed by atoms with van der Waals surface area (Å²) in [6.07, 6.45) is -1.66. The third kappa shape index (κ3) is 4.61. The van der Waals surface area contributed by atoms with Crippen molar-refractivity contribution < 1.29 is 27.5 Å². The van der Waals surface area contributed by atoms with Gasteiger partial charge in [-0.3, -0.25) is 4.79 Å². The molecule has 0 aromatic carbocycles. The lowest BCUT2D eigenvalue weighted by atomic mass is 9.57. The molecule has 176 valence electrons. The van der Waals surface area contributed by atoms with E-state index in [0.29, 0.717) is 39.3 Å². The molecule has 0 bridgehead atoms. The maximum atomic E-state index is 12.9. The molecule has 0 N–H and O–H groups in total. The Labute approximate surface area is 184 Å². The van der Waals surface area contributed by atoms with Gasteiger partial charge in [-0.25, -0.2) is 14.8 Å². The van der Waals surface area contributed by atoms with Crippen molar-refractivity contribution in [3.8, 4) is 0 Å². The molecule has 3 heterocycles. The minimum atomic E-state index is -4.46. The SMILES string of the molecule is CC(C)(C)OC(=O)N1CC2(CC(C(=O)N3CCN(c4ncc(C(F)(F)F)cn4)CC3)C2)C1. The van der Waals surface area contributed by atoms with Gasteiger partial charge in [-0.2, -0.15) is 13.2 Å². The minimum absolute atomic E-state index is 0.0348. The summed E-state index contributed by atoms with van der Waals surface area (Å²) in [6.45, 7) is 8.68. The fourth-order valence-corrected chi connectivity index (χ4v) is 4.65. The Morgan fingerprint density at radius 2 is 1.56 bits per heavy atom. The van der Waals surface area contributed by atoms with Crippen LogP contribution in [0.15, 0.2) is 12.4 Å². The van der Waals surface area contributed by atoms with E-state index >= 15 is 0 Å². The van der Waals surface area contributed by atoms with Crippen LogP contribution in [0, 0.1) is 11.3 Å². The van der Waals surface area contributed by atoms with Crippen LogP contribution in [0.2, 0.25) is 0 Å². The van der Waals surface area contributed by atoms with Gasteiger partial charge in [-0.05, 0) is 33.6 Å². The first-order valence-corrected chi connectivity index (χ1v) is 10.8. The summed E-state index contributed by atoms with van der Waals surface area (Å²) in [6, 6.07) is 0. The Kier molecular flexibility index (Phi) is 5.49. The second-order valence-electron chi connectivity index (χ2n) is 10.0. The Hall–Kier alpha value is -2.59. The van der Waals surface area contributed by atoms with Gasteiger partial charge in [0.25, 0.3) is 0 Å². The molecular weight excluding hydrogens is 427 g/mol. The molecule has 1 aromatic rings. The van der Waals surface area contributed by atoms with E-state index < -0.39 is 17.3 Å². The van der Waals surface area contributed by atoms with E-state index in [2.05, 4.69) is 9.97 Å². The number of aromatic nitrogens is 2. The lowest BCUT2D eigenvalue weighted by molar-refractivity contribution is -0.153. The fourth-order valence-electron chi connectivity index (χ4n) is 4.65. The molecule has 2 saturated heterocycles. The highest BCUT2D eigenvalue weighted by Crippen LogP contribution is 2.52. The molecule has 2 aliphatic heterocycles. The van der Waals surface area contributed by atoms with Gasteiger partial charge in [0.15, 0.2) is 0 Å². The number of alkyl halides is 3. The number of anilines is 1. The second-order valence-corrected chi connectivity index (χ2v) is 10.0. The summed E-state index contributed by atoms with van der Waals surface area (Å²) >= 11 is 0. The molecule has 2 amide bonds. The van der Waals surface area contributed by atoms with E-state index in [1.54, 1.807) is 9.80 Å². The minimum Gasteiger partial charge on any atom is -0.444 e. The lowest BCUT2D eigenvalue weighted by Crippen LogP contribution is -2.66. The van der Waals surface area contributed by atoms with Gasteiger partial charge in [-0.1, -0.05) is 0 Å². The van der Waals surface area contributed by atoms with Crippen molar-refractivity contribution in [2.24, 2.45) is 11.3 Å². The predicted octanol–water partition coefficient (Wildman–Crippen LogP) is 2.79. The lowest BCUT2D eigenvalue weighted by Gasteiger charge is -2.58. The molecule has 0 atom stereocenters. The Morgan fingerprint density at radius 3 is 2.06 bits per heavy atom. The number of carbonyl (C=O) groups excluding carboxylic acids is 2. The van der Waals surface area contributed by atoms with Gasteiger partial charge in [0.1, 0.15) is 5.60 Å². The van der Waals surface area contributed by atoms with Crippen LogP contribution in [-0.4, -0.2) is 76.6 Å². The van der Waals surface area contributed by atoms with Gasteiger partial charge in [0.05, 0.1) is 5.56 Å². The van der Waals surface area contributed by atoms with E-state index in [1.165, 1.54) is 0 Å². The largest absolute Gasteiger partial charge is 0.444 e. The topological polar surface area (TPSA) is 78.9 Å². The summed E-state index contributed by atoms with van der Waals surface area (Å²) in [5.41, 5.74) is -1.37. The van der Waals surface area contributed by atoms with Crippen LogP contribution in [0.25, 0.3) is 0 Å². The number of hydrogen-bond acceptors (Lipinski definition) is 6. The number of ether oxygens (including phenoxy) is 1. The first kappa shape index (κ1) is 22.6. The monoisotopic (exact) mass is 455 g/mol. The van der Waals surface area contributed by atoms with E-state index in [0.717, 1.165) is 25.2 Å². The molecule has 1 aliphatic carbocycles. The summed E-state index contributed by atoms with van der Waals surface area (Å²) < 4.78 is 43.4. The molecule has 1 aromatic heterocycles. The zero-order chi connectivity index (χ0) is 23.3. The molecule has 3 fully saturated rings. The number of carbonyl (C=O) groups is 2. The summed E-state index contributed by atoms with van der Waals surface area (Å²) in [7, 11) is 0. The van der Waals surface area contributed by atoms with Crippen molar-refractivity contribution in [2.75, 3.05) is 44.2 Å². The number of amides is 2. The highest BCUT2D eigenvalue weighted by molar-refractivity contribution is 5.80. The Morgan fingerprint density at radius 1 is 1.00 bits per heavy atom. The van der Waals surface area contributed by atoms with Crippen molar-refractivity contribution in [1.82, 2.24) is 19.8 Å². The number of hydrogen-bond donors (Lipinski definition) is 0. The molecule has 8 nitrogen and oxygen atoms in total. The number of halogens is 3. The van der Waals surface area contributed by atoms with Gasteiger partial charge >= 0.3 is 12.3 Å². The Balaban J connectivity index is 1.21. The highest BCUT2D eigenvalue weighted by Gasteiger charge is 2.56. The second kappa shape index (κ2) is 7.77. The average Bonchev–Trinajstić information content (AvgIpc) is 2.64. The van der Waals surface area contributed by atoms with Crippen LogP contribution in [0.4, 0.5) is 23.9 Å². The van der Waals surface area contributed by atoms with Gasteiger partial charge in [0.2, 0.25) is 11.9 Å². The fraction of sp³-hybridized carbons (Fsp3) is 0.714. The van der Waals surface area contributed by atoms with E-state index in [1.807, 2.05) is 25.7 Å². The van der Waals surface area contributed by atoms with Crippen LogP contribution in [0.5, 0.6) is 0 Å². The van der Waals surface area contributed by atoms with Crippen LogP contribution < -0.4 is 4.90 Å². The number of rotatable bonds is 2. The third-order valence-electron chi connectivity index (χ3n) is 6.25. The van der Waals surface area contributed by atoms with Crippen LogP contribution in [-0.2, 0) is 15.7 Å². The van der Waals surface area contributed by atoms with Gasteiger partial charge < -0.3 is 19.4 Å². The first-order valence-electron chi connectivity index (χ1n) is 10.8. The molecule has 11 heteroatoms. The maximum Gasteiger partial charge on any atom is 0.419 e. The van der Waals surface area contributed by atoms with E-state index in [9.17, 15) is 22.8 Å². The molecule has 0 radical (unpaired) electrons. The van der Waals surface area contributed by atoms with Crippen LogP contribution in [0.3, 0.4) is 0 Å². The zero-order valence-corrected chi connectivity index (χ0v) is 18.5. The molecule has 4 rings (SSSR count). The highest BCUT2D eigenvalue weighted by atomic mass is 19.4. The Bertz CT molecular complexity index is 862. The summed E-state index contributed by atoms with van der Waals surface area (Å²) in [5, 5.41) is 0. The third-order valence-corrected chi connectivity index (χ3v) is 6.25. The summed E-state index contributed by atoms with van der Waals surface area (Å²) in [4.78, 5) is 37.9. The zero-order valence-electron chi connectivity index (χ0n) is 18.5. The van der Waals surface area contributed by atoms with Crippen molar-refractivity contribution in [3.05, 3.63) is 18.0 Å². The summed E-state index contributed by atoms with van der Waals surface area (Å²) in [5.74, 6) is 0.313.